The average Bonchev–Trinajstić information content (AvgIpc) is 2.99. The molecular formula is C18H13F4N7O. The number of alkyl halides is 2. The molecule has 12 heteroatoms. The first-order valence-corrected chi connectivity index (χ1v) is 8.48. The molecule has 2 aromatic carbocycles. The molecular weight excluding hydrogens is 406 g/mol. The van der Waals surface area contributed by atoms with E-state index in [0.29, 0.717) is 11.5 Å². The van der Waals surface area contributed by atoms with Crippen LogP contribution in [0.4, 0.5) is 35.1 Å². The van der Waals surface area contributed by atoms with E-state index in [9.17, 15) is 17.6 Å². The fourth-order valence-electron chi connectivity index (χ4n) is 2.86. The monoisotopic (exact) mass is 419 g/mol. The third kappa shape index (κ3) is 3.79. The van der Waals surface area contributed by atoms with Crippen LogP contribution in [-0.2, 0) is 0 Å². The maximum absolute atomic E-state index is 14.1. The summed E-state index contributed by atoms with van der Waals surface area (Å²) >= 11 is 0. The van der Waals surface area contributed by atoms with Crippen LogP contribution in [0.15, 0.2) is 36.4 Å². The Labute approximate surface area is 166 Å². The number of benzene rings is 2. The van der Waals surface area contributed by atoms with Gasteiger partial charge in [0.2, 0.25) is 17.8 Å². The molecule has 0 bridgehead atoms. The molecule has 0 aliphatic heterocycles. The van der Waals surface area contributed by atoms with Crippen molar-refractivity contribution < 1.29 is 22.3 Å². The molecule has 2 heterocycles. The number of anilines is 3. The number of hydrogen-bond acceptors (Lipinski definition) is 7. The summed E-state index contributed by atoms with van der Waals surface area (Å²) in [6.07, 6.45) is 0. The molecule has 3 N–H and O–H groups in total. The van der Waals surface area contributed by atoms with Gasteiger partial charge in [-0.3, -0.25) is 4.57 Å². The maximum atomic E-state index is 14.1. The second-order valence-corrected chi connectivity index (χ2v) is 6.09. The van der Waals surface area contributed by atoms with Crippen molar-refractivity contribution >= 4 is 28.6 Å². The van der Waals surface area contributed by atoms with Crippen LogP contribution in [0, 0.1) is 18.6 Å². The van der Waals surface area contributed by atoms with Crippen LogP contribution in [0.5, 0.6) is 5.75 Å². The highest BCUT2D eigenvalue weighted by molar-refractivity contribution is 5.78. The molecule has 0 amide bonds. The van der Waals surface area contributed by atoms with Crippen molar-refractivity contribution in [2.24, 2.45) is 0 Å². The second kappa shape index (κ2) is 7.46. The first kappa shape index (κ1) is 19.4. The van der Waals surface area contributed by atoms with E-state index in [0.717, 1.165) is 12.1 Å². The quantitative estimate of drug-likeness (QED) is 0.475. The molecule has 4 aromatic rings. The van der Waals surface area contributed by atoms with Crippen LogP contribution in [0.2, 0.25) is 0 Å². The zero-order valence-electron chi connectivity index (χ0n) is 15.3. The van der Waals surface area contributed by atoms with E-state index in [-0.39, 0.29) is 34.6 Å². The van der Waals surface area contributed by atoms with Gasteiger partial charge in [0.05, 0.1) is 5.52 Å². The highest BCUT2D eigenvalue weighted by Crippen LogP contribution is 2.25. The number of hydrogen-bond donors (Lipinski definition) is 2. The lowest BCUT2D eigenvalue weighted by atomic mass is 10.3. The minimum absolute atomic E-state index is 0.00680. The average molecular weight is 419 g/mol. The first-order chi connectivity index (χ1) is 14.3. The van der Waals surface area contributed by atoms with Crippen LogP contribution in [0.3, 0.4) is 0 Å². The fourth-order valence-corrected chi connectivity index (χ4v) is 2.86. The number of fused-ring (bicyclic) bond motifs is 1. The lowest BCUT2D eigenvalue weighted by molar-refractivity contribution is -0.0498. The highest BCUT2D eigenvalue weighted by atomic mass is 19.3. The summed E-state index contributed by atoms with van der Waals surface area (Å²) in [5.41, 5.74) is 6.30. The number of aryl methyl sites for hydroxylation is 1. The predicted molar refractivity (Wildman–Crippen MR) is 99.9 cm³/mol. The van der Waals surface area contributed by atoms with E-state index < -0.39 is 18.2 Å². The number of rotatable bonds is 5. The number of nitrogens with one attached hydrogen (secondary N) is 1. The van der Waals surface area contributed by atoms with Crippen LogP contribution >= 0.6 is 0 Å². The van der Waals surface area contributed by atoms with Gasteiger partial charge in [-0.25, -0.2) is 13.8 Å². The van der Waals surface area contributed by atoms with E-state index >= 15 is 0 Å². The topological polar surface area (TPSA) is 104 Å². The van der Waals surface area contributed by atoms with Gasteiger partial charge in [0.1, 0.15) is 22.9 Å². The summed E-state index contributed by atoms with van der Waals surface area (Å²) < 4.78 is 57.9. The van der Waals surface area contributed by atoms with E-state index in [1.54, 1.807) is 6.92 Å². The number of halogens is 4. The Morgan fingerprint density at radius 2 is 1.77 bits per heavy atom. The summed E-state index contributed by atoms with van der Waals surface area (Å²) in [6, 6.07) is 7.44. The van der Waals surface area contributed by atoms with Gasteiger partial charge in [0.15, 0.2) is 5.82 Å². The van der Waals surface area contributed by atoms with Crippen molar-refractivity contribution in [1.29, 1.82) is 0 Å². The molecule has 4 rings (SSSR count). The normalized spacial score (nSPS) is 11.3. The molecule has 2 aromatic heterocycles. The molecule has 0 aliphatic rings. The summed E-state index contributed by atoms with van der Waals surface area (Å²) in [6.45, 7) is -1.36. The predicted octanol–water partition coefficient (Wildman–Crippen LogP) is 3.72. The third-order valence-corrected chi connectivity index (χ3v) is 4.02. The molecule has 0 atom stereocenters. The Bertz CT molecular complexity index is 1230. The Morgan fingerprint density at radius 3 is 2.47 bits per heavy atom. The molecule has 8 nitrogen and oxygen atoms in total. The Morgan fingerprint density at radius 1 is 1.03 bits per heavy atom. The van der Waals surface area contributed by atoms with Crippen molar-refractivity contribution in [2.75, 3.05) is 11.1 Å². The van der Waals surface area contributed by atoms with Gasteiger partial charge in [-0.1, -0.05) is 0 Å². The summed E-state index contributed by atoms with van der Waals surface area (Å²) in [7, 11) is 0. The molecule has 0 saturated heterocycles. The molecule has 0 spiro atoms. The van der Waals surface area contributed by atoms with E-state index in [1.165, 1.54) is 28.8 Å². The van der Waals surface area contributed by atoms with Gasteiger partial charge < -0.3 is 15.8 Å². The summed E-state index contributed by atoms with van der Waals surface area (Å²) in [5, 5.41) is 2.85. The smallest absolute Gasteiger partial charge is 0.387 e. The number of nitrogen functional groups attached to an aromatic ring is 1. The zero-order valence-corrected chi connectivity index (χ0v) is 15.3. The lowest BCUT2D eigenvalue weighted by Crippen LogP contribution is -2.10. The molecule has 30 heavy (non-hydrogen) atoms. The van der Waals surface area contributed by atoms with Gasteiger partial charge in [-0.15, -0.1) is 0 Å². The minimum atomic E-state index is -2.93. The van der Waals surface area contributed by atoms with Crippen molar-refractivity contribution in [2.45, 2.75) is 13.5 Å². The molecule has 0 radical (unpaired) electrons. The molecule has 0 unspecified atom stereocenters. The molecule has 154 valence electrons. The molecule has 0 fully saturated rings. The van der Waals surface area contributed by atoms with Crippen LogP contribution in [0.1, 0.15) is 5.82 Å². The van der Waals surface area contributed by atoms with Crippen molar-refractivity contribution in [1.82, 2.24) is 24.5 Å². The highest BCUT2D eigenvalue weighted by Gasteiger charge is 2.17. The number of aromatic nitrogens is 5. The van der Waals surface area contributed by atoms with Crippen LogP contribution in [-0.4, -0.2) is 31.1 Å². The summed E-state index contributed by atoms with van der Waals surface area (Å²) in [4.78, 5) is 16.3. The van der Waals surface area contributed by atoms with E-state index in [2.05, 4.69) is 30.0 Å². The van der Waals surface area contributed by atoms with Gasteiger partial charge in [-0.05, 0) is 31.2 Å². The van der Waals surface area contributed by atoms with Gasteiger partial charge >= 0.3 is 6.61 Å². The number of ether oxygens (including phenoxy) is 1. The number of nitrogens with zero attached hydrogens (tertiary/aromatic N) is 5. The SMILES string of the molecule is Cc1nc2c(F)cc(F)cc2n1-c1nc(N)nc(Nc2ccc(OC(F)F)cc2)n1. The first-order valence-electron chi connectivity index (χ1n) is 8.48. The zero-order chi connectivity index (χ0) is 21.4. The maximum Gasteiger partial charge on any atom is 0.387 e. The van der Waals surface area contributed by atoms with Crippen LogP contribution in [0.25, 0.3) is 17.0 Å². The standard InChI is InChI=1S/C18H13F4N7O/c1-8-24-14-12(20)6-9(19)7-13(14)29(8)18-27-16(23)26-17(28-18)25-10-2-4-11(5-3-10)30-15(21)22/h2-7,15H,1H3,(H3,23,25,26,27,28). The van der Waals surface area contributed by atoms with Gasteiger partial charge in [-0.2, -0.15) is 23.7 Å². The Kier molecular flexibility index (Phi) is 4.82. The molecule has 0 saturated carbocycles. The molecule has 0 aliphatic carbocycles. The lowest BCUT2D eigenvalue weighted by Gasteiger charge is -2.10. The van der Waals surface area contributed by atoms with Gasteiger partial charge in [0.25, 0.3) is 0 Å². The van der Waals surface area contributed by atoms with E-state index in [1.807, 2.05) is 0 Å². The fraction of sp³-hybridized carbons (Fsp3) is 0.111. The van der Waals surface area contributed by atoms with E-state index in [4.69, 9.17) is 5.73 Å². The Balaban J connectivity index is 1.71. The largest absolute Gasteiger partial charge is 0.435 e. The summed E-state index contributed by atoms with van der Waals surface area (Å²) in [5.74, 6) is -1.45. The van der Waals surface area contributed by atoms with Crippen LogP contribution < -0.4 is 15.8 Å². The minimum Gasteiger partial charge on any atom is -0.435 e. The van der Waals surface area contributed by atoms with Crippen molar-refractivity contribution in [3.8, 4) is 11.7 Å². The third-order valence-electron chi connectivity index (χ3n) is 4.02. The number of imidazole rings is 1. The van der Waals surface area contributed by atoms with Crippen molar-refractivity contribution in [3.63, 3.8) is 0 Å². The number of nitrogens with two attached hydrogens (primary N) is 1. The van der Waals surface area contributed by atoms with Gasteiger partial charge in [0, 0.05) is 17.8 Å². The second-order valence-electron chi connectivity index (χ2n) is 6.09. The van der Waals surface area contributed by atoms with Crippen molar-refractivity contribution in [3.05, 3.63) is 53.9 Å². The Hall–Kier alpha value is -3.96.